The first-order chi connectivity index (χ1) is 5.27. The highest BCUT2D eigenvalue weighted by molar-refractivity contribution is 14.1. The van der Waals surface area contributed by atoms with E-state index in [9.17, 15) is 0 Å². The number of aliphatic hydroxyl groups is 1. The molecule has 0 spiro atoms. The Kier molecular flexibility index (Phi) is 3.10. The Balaban J connectivity index is 3.02. The van der Waals surface area contributed by atoms with Gasteiger partial charge in [0.05, 0.1) is 6.61 Å². The van der Waals surface area contributed by atoms with E-state index in [1.54, 1.807) is 0 Å². The molecule has 0 heterocycles. The largest absolute Gasteiger partial charge is 0.392 e. The first kappa shape index (κ1) is 8.76. The van der Waals surface area contributed by atoms with E-state index in [1.807, 2.05) is 18.2 Å². The van der Waals surface area contributed by atoms with Gasteiger partial charge in [0.15, 0.2) is 0 Å². The highest BCUT2D eigenvalue weighted by Gasteiger charge is 1.98. The van der Waals surface area contributed by atoms with Crippen LogP contribution in [0, 0.1) is 3.57 Å². The zero-order valence-corrected chi connectivity index (χ0v) is 8.00. The van der Waals surface area contributed by atoms with Crippen LogP contribution in [0.25, 0.3) is 0 Å². The number of nitrogens with two attached hydrogens (primary N) is 1. The molecule has 0 saturated heterocycles. The predicted octanol–water partition coefficient (Wildman–Crippen LogP) is 1.07. The van der Waals surface area contributed by atoms with Crippen molar-refractivity contribution in [3.8, 4) is 0 Å². The summed E-state index contributed by atoms with van der Waals surface area (Å²) in [5, 5.41) is 8.86. The van der Waals surface area contributed by atoms with E-state index in [0.717, 1.165) is 14.8 Å². The third-order valence-corrected chi connectivity index (χ3v) is 2.44. The fraction of sp³-hybridized carbons (Fsp3) is 0.143. The lowest BCUT2D eigenvalue weighted by molar-refractivity contribution is 0.281. The molecule has 0 aliphatic heterocycles. The number of rotatable bonds is 2. The normalized spacial score (nSPS) is 9.73. The van der Waals surface area contributed by atoms with Crippen LogP contribution in [0.3, 0.4) is 0 Å². The maximum Gasteiger partial charge on any atom is 0.0692 e. The van der Waals surface area contributed by atoms with Crippen LogP contribution in [-0.2, 0) is 6.61 Å². The quantitative estimate of drug-likeness (QED) is 0.425. The minimum atomic E-state index is 0.0494. The Labute approximate surface area is 78.7 Å². The lowest BCUT2D eigenvalue weighted by atomic mass is 10.2. The summed E-state index contributed by atoms with van der Waals surface area (Å²) in [6, 6.07) is 5.59. The van der Waals surface area contributed by atoms with Crippen LogP contribution < -0.4 is 11.3 Å². The van der Waals surface area contributed by atoms with Gasteiger partial charge in [0.2, 0.25) is 0 Å². The minimum Gasteiger partial charge on any atom is -0.392 e. The molecule has 0 aliphatic rings. The second-order valence-electron chi connectivity index (χ2n) is 2.11. The van der Waals surface area contributed by atoms with Crippen LogP contribution >= 0.6 is 22.6 Å². The maximum atomic E-state index is 8.86. The van der Waals surface area contributed by atoms with Crippen molar-refractivity contribution < 1.29 is 5.11 Å². The monoisotopic (exact) mass is 264 g/mol. The van der Waals surface area contributed by atoms with E-state index in [1.165, 1.54) is 0 Å². The molecule has 0 atom stereocenters. The van der Waals surface area contributed by atoms with Crippen molar-refractivity contribution in [2.24, 2.45) is 5.84 Å². The van der Waals surface area contributed by atoms with Crippen molar-refractivity contribution in [1.82, 2.24) is 0 Å². The second-order valence-corrected chi connectivity index (χ2v) is 3.27. The molecule has 0 amide bonds. The van der Waals surface area contributed by atoms with E-state index in [-0.39, 0.29) is 6.61 Å². The third kappa shape index (κ3) is 2.05. The van der Waals surface area contributed by atoms with Crippen LogP contribution in [0.5, 0.6) is 0 Å². The SMILES string of the molecule is NNc1ccc(I)c(CO)c1. The molecule has 4 N–H and O–H groups in total. The van der Waals surface area contributed by atoms with Gasteiger partial charge in [0.1, 0.15) is 0 Å². The number of nitrogen functional groups attached to an aromatic ring is 1. The van der Waals surface area contributed by atoms with Crippen LogP contribution in [-0.4, -0.2) is 5.11 Å². The maximum absolute atomic E-state index is 8.86. The molecule has 4 heteroatoms. The van der Waals surface area contributed by atoms with Crippen LogP contribution in [0.15, 0.2) is 18.2 Å². The molecule has 0 aliphatic carbocycles. The van der Waals surface area contributed by atoms with Crippen molar-refractivity contribution in [2.75, 3.05) is 5.43 Å². The Bertz CT molecular complexity index is 252. The van der Waals surface area contributed by atoms with Gasteiger partial charge in [-0.25, -0.2) is 0 Å². The van der Waals surface area contributed by atoms with Gasteiger partial charge in [-0.3, -0.25) is 5.84 Å². The number of anilines is 1. The van der Waals surface area contributed by atoms with Crippen molar-refractivity contribution in [3.05, 3.63) is 27.3 Å². The van der Waals surface area contributed by atoms with Crippen LogP contribution in [0.4, 0.5) is 5.69 Å². The molecule has 11 heavy (non-hydrogen) atoms. The van der Waals surface area contributed by atoms with Crippen LogP contribution in [0.1, 0.15) is 5.56 Å². The number of hydrazine groups is 1. The van der Waals surface area contributed by atoms with Gasteiger partial charge >= 0.3 is 0 Å². The molecule has 1 rings (SSSR count). The smallest absolute Gasteiger partial charge is 0.0692 e. The van der Waals surface area contributed by atoms with Gasteiger partial charge < -0.3 is 10.5 Å². The summed E-state index contributed by atoms with van der Waals surface area (Å²) in [6.07, 6.45) is 0. The molecule has 0 fully saturated rings. The van der Waals surface area contributed by atoms with E-state index in [0.29, 0.717) is 0 Å². The first-order valence-electron chi connectivity index (χ1n) is 3.14. The molecule has 3 nitrogen and oxygen atoms in total. The number of aliphatic hydroxyl groups excluding tert-OH is 1. The number of nitrogens with one attached hydrogen (secondary N) is 1. The van der Waals surface area contributed by atoms with Crippen molar-refractivity contribution in [2.45, 2.75) is 6.61 Å². The number of benzene rings is 1. The number of hydrogen-bond donors (Lipinski definition) is 3. The zero-order valence-electron chi connectivity index (χ0n) is 5.84. The Morgan fingerprint density at radius 2 is 2.27 bits per heavy atom. The molecule has 60 valence electrons. The summed E-state index contributed by atoms with van der Waals surface area (Å²) in [6.45, 7) is 0.0494. The highest BCUT2D eigenvalue weighted by Crippen LogP contribution is 2.16. The minimum absolute atomic E-state index is 0.0494. The number of halogens is 1. The molecular formula is C7H9IN2O. The summed E-state index contributed by atoms with van der Waals surface area (Å²) >= 11 is 2.16. The van der Waals surface area contributed by atoms with E-state index in [4.69, 9.17) is 10.9 Å². The summed E-state index contributed by atoms with van der Waals surface area (Å²) in [7, 11) is 0. The van der Waals surface area contributed by atoms with E-state index < -0.39 is 0 Å². The lowest BCUT2D eigenvalue weighted by Gasteiger charge is -2.03. The Hall–Kier alpha value is -0.330. The summed E-state index contributed by atoms with van der Waals surface area (Å²) in [4.78, 5) is 0. The predicted molar refractivity (Wildman–Crippen MR) is 52.9 cm³/mol. The molecule has 1 aromatic rings. The molecule has 0 radical (unpaired) electrons. The summed E-state index contributed by atoms with van der Waals surface area (Å²) in [5.41, 5.74) is 4.22. The molecule has 0 saturated carbocycles. The van der Waals surface area contributed by atoms with Crippen molar-refractivity contribution in [3.63, 3.8) is 0 Å². The highest BCUT2D eigenvalue weighted by atomic mass is 127. The van der Waals surface area contributed by atoms with Gasteiger partial charge in [-0.1, -0.05) is 0 Å². The summed E-state index contributed by atoms with van der Waals surface area (Å²) < 4.78 is 1.05. The molecule has 1 aromatic carbocycles. The fourth-order valence-electron chi connectivity index (χ4n) is 0.786. The lowest BCUT2D eigenvalue weighted by Crippen LogP contribution is -2.07. The average Bonchev–Trinajstić information content (AvgIpc) is 2.05. The van der Waals surface area contributed by atoms with Gasteiger partial charge in [-0.15, -0.1) is 0 Å². The van der Waals surface area contributed by atoms with Crippen LogP contribution in [0.2, 0.25) is 0 Å². The van der Waals surface area contributed by atoms with Gasteiger partial charge in [0, 0.05) is 9.26 Å². The Morgan fingerprint density at radius 3 is 2.82 bits per heavy atom. The van der Waals surface area contributed by atoms with Crippen molar-refractivity contribution in [1.29, 1.82) is 0 Å². The molecule has 0 aromatic heterocycles. The number of hydrogen-bond acceptors (Lipinski definition) is 3. The van der Waals surface area contributed by atoms with Crippen molar-refractivity contribution >= 4 is 28.3 Å². The van der Waals surface area contributed by atoms with Gasteiger partial charge in [0.25, 0.3) is 0 Å². The topological polar surface area (TPSA) is 58.3 Å². The van der Waals surface area contributed by atoms with E-state index >= 15 is 0 Å². The van der Waals surface area contributed by atoms with Gasteiger partial charge in [-0.05, 0) is 46.4 Å². The third-order valence-electron chi connectivity index (χ3n) is 1.38. The standard InChI is InChI=1S/C7H9IN2O/c8-7-2-1-6(10-9)3-5(7)4-11/h1-3,10-11H,4,9H2. The van der Waals surface area contributed by atoms with Gasteiger partial charge in [-0.2, -0.15) is 0 Å². The summed E-state index contributed by atoms with van der Waals surface area (Å²) in [5.74, 6) is 5.19. The molecule has 0 unspecified atom stereocenters. The second kappa shape index (κ2) is 3.89. The molecule has 0 bridgehead atoms. The Morgan fingerprint density at radius 1 is 1.55 bits per heavy atom. The fourth-order valence-corrected chi connectivity index (χ4v) is 1.29. The first-order valence-corrected chi connectivity index (χ1v) is 4.21. The zero-order chi connectivity index (χ0) is 8.27. The molecular weight excluding hydrogens is 255 g/mol. The van der Waals surface area contributed by atoms with E-state index in [2.05, 4.69) is 28.0 Å². The average molecular weight is 264 g/mol.